The molecule has 14 heavy (non-hydrogen) atoms. The van der Waals surface area contributed by atoms with Gasteiger partial charge >= 0.3 is 0 Å². The molecule has 1 aromatic rings. The van der Waals surface area contributed by atoms with E-state index in [4.69, 9.17) is 11.6 Å². The first-order valence-electron chi connectivity index (χ1n) is 3.85. The first-order valence-corrected chi connectivity index (χ1v) is 5.18. The number of alkyl halides is 1. The van der Waals surface area contributed by atoms with Gasteiger partial charge in [0.1, 0.15) is 5.82 Å². The highest BCUT2D eigenvalue weighted by atomic mass is 79.9. The molecular weight excluding hydrogens is 273 g/mol. The molecule has 0 radical (unpaired) electrons. The van der Waals surface area contributed by atoms with E-state index in [-0.39, 0.29) is 10.0 Å². The van der Waals surface area contributed by atoms with Crippen molar-refractivity contribution in [3.63, 3.8) is 0 Å². The number of halogens is 4. The fraction of sp³-hybridized carbons (Fsp3) is 0.200. The summed E-state index contributed by atoms with van der Waals surface area (Å²) in [6.07, 6.45) is 0.410. The Morgan fingerprint density at radius 1 is 1.36 bits per heavy atom. The molecule has 0 aliphatic rings. The van der Waals surface area contributed by atoms with Crippen LogP contribution in [-0.4, -0.2) is 5.88 Å². The Balaban J connectivity index is 3.08. The summed E-state index contributed by atoms with van der Waals surface area (Å²) in [6.45, 7) is 0. The Bertz CT molecular complexity index is 393. The molecule has 74 valence electrons. The fourth-order valence-electron chi connectivity index (χ4n) is 0.840. The van der Waals surface area contributed by atoms with Gasteiger partial charge in [-0.05, 0) is 28.1 Å². The molecule has 1 aromatic carbocycles. The van der Waals surface area contributed by atoms with Crippen LogP contribution < -0.4 is 0 Å². The van der Waals surface area contributed by atoms with E-state index in [1.165, 1.54) is 6.07 Å². The second kappa shape index (κ2) is 5.33. The standard InChI is InChI=1S/C10H6BrClF2/c11-8-4-5-9(13)7(10(8)14)3-1-2-6-12/h4-5H,2,6H2. The lowest BCUT2D eigenvalue weighted by Crippen LogP contribution is -1.90. The minimum Gasteiger partial charge on any atom is -0.206 e. The van der Waals surface area contributed by atoms with Crippen LogP contribution in [0.5, 0.6) is 0 Å². The summed E-state index contributed by atoms with van der Waals surface area (Å²) in [4.78, 5) is 0. The number of benzene rings is 1. The second-order valence-corrected chi connectivity index (χ2v) is 3.69. The van der Waals surface area contributed by atoms with Gasteiger partial charge in [-0.25, -0.2) is 8.78 Å². The summed E-state index contributed by atoms with van der Waals surface area (Å²) < 4.78 is 26.5. The smallest absolute Gasteiger partial charge is 0.155 e. The van der Waals surface area contributed by atoms with Crippen LogP contribution in [0.3, 0.4) is 0 Å². The molecule has 0 nitrogen and oxygen atoms in total. The van der Waals surface area contributed by atoms with Gasteiger partial charge in [-0.1, -0.05) is 11.8 Å². The largest absolute Gasteiger partial charge is 0.206 e. The van der Waals surface area contributed by atoms with Crippen molar-refractivity contribution in [1.82, 2.24) is 0 Å². The number of rotatable bonds is 1. The van der Waals surface area contributed by atoms with Crippen molar-refractivity contribution in [2.75, 3.05) is 5.88 Å². The molecule has 0 saturated heterocycles. The monoisotopic (exact) mass is 278 g/mol. The van der Waals surface area contributed by atoms with Gasteiger partial charge < -0.3 is 0 Å². The van der Waals surface area contributed by atoms with Crippen molar-refractivity contribution < 1.29 is 8.78 Å². The van der Waals surface area contributed by atoms with E-state index >= 15 is 0 Å². The average molecular weight is 280 g/mol. The lowest BCUT2D eigenvalue weighted by molar-refractivity contribution is 0.573. The lowest BCUT2D eigenvalue weighted by atomic mass is 10.2. The molecule has 0 atom stereocenters. The summed E-state index contributed by atoms with van der Waals surface area (Å²) in [7, 11) is 0. The highest BCUT2D eigenvalue weighted by molar-refractivity contribution is 9.10. The highest BCUT2D eigenvalue weighted by Gasteiger charge is 2.09. The van der Waals surface area contributed by atoms with Crippen molar-refractivity contribution in [1.29, 1.82) is 0 Å². The van der Waals surface area contributed by atoms with Crippen molar-refractivity contribution in [2.45, 2.75) is 6.42 Å². The van der Waals surface area contributed by atoms with Crippen LogP contribution >= 0.6 is 27.5 Å². The fourth-order valence-corrected chi connectivity index (χ4v) is 1.26. The van der Waals surface area contributed by atoms with Gasteiger partial charge in [0.2, 0.25) is 0 Å². The van der Waals surface area contributed by atoms with Gasteiger partial charge in [-0.2, -0.15) is 0 Å². The minimum absolute atomic E-state index is 0.203. The second-order valence-electron chi connectivity index (χ2n) is 2.46. The highest BCUT2D eigenvalue weighted by Crippen LogP contribution is 2.20. The van der Waals surface area contributed by atoms with E-state index in [0.29, 0.717) is 12.3 Å². The van der Waals surface area contributed by atoms with Crippen LogP contribution in [0.15, 0.2) is 16.6 Å². The van der Waals surface area contributed by atoms with Crippen molar-refractivity contribution in [2.24, 2.45) is 0 Å². The van der Waals surface area contributed by atoms with Crippen LogP contribution in [0.25, 0.3) is 0 Å². The van der Waals surface area contributed by atoms with Gasteiger partial charge in [0.25, 0.3) is 0 Å². The number of hydrogen-bond donors (Lipinski definition) is 0. The maximum absolute atomic E-state index is 13.3. The molecule has 0 saturated carbocycles. The lowest BCUT2D eigenvalue weighted by Gasteiger charge is -1.98. The molecule has 1 rings (SSSR count). The van der Waals surface area contributed by atoms with Crippen LogP contribution in [0.1, 0.15) is 12.0 Å². The molecule has 0 bridgehead atoms. The van der Waals surface area contributed by atoms with Crippen molar-refractivity contribution >= 4 is 27.5 Å². The first-order chi connectivity index (χ1) is 6.66. The van der Waals surface area contributed by atoms with Gasteiger partial charge in [-0.15, -0.1) is 11.6 Å². The Labute approximate surface area is 94.4 Å². The van der Waals surface area contributed by atoms with Crippen LogP contribution in [0.2, 0.25) is 0 Å². The average Bonchev–Trinajstić information content (AvgIpc) is 2.18. The maximum Gasteiger partial charge on any atom is 0.155 e. The molecule has 0 N–H and O–H groups in total. The Kier molecular flexibility index (Phi) is 4.37. The topological polar surface area (TPSA) is 0 Å². The van der Waals surface area contributed by atoms with E-state index in [2.05, 4.69) is 27.8 Å². The van der Waals surface area contributed by atoms with Gasteiger partial charge in [0.15, 0.2) is 5.82 Å². The molecule has 0 aliphatic carbocycles. The zero-order chi connectivity index (χ0) is 10.6. The van der Waals surface area contributed by atoms with Crippen molar-refractivity contribution in [3.05, 3.63) is 33.8 Å². The molecular formula is C10H6BrClF2. The van der Waals surface area contributed by atoms with Gasteiger partial charge in [0.05, 0.1) is 10.0 Å². The molecule has 0 aromatic heterocycles. The third kappa shape index (κ3) is 2.70. The van der Waals surface area contributed by atoms with E-state index < -0.39 is 11.6 Å². The maximum atomic E-state index is 13.3. The predicted octanol–water partition coefficient (Wildman–Crippen LogP) is 3.71. The summed E-state index contributed by atoms with van der Waals surface area (Å²) in [5.74, 6) is 4.00. The van der Waals surface area contributed by atoms with E-state index in [1.54, 1.807) is 0 Å². The first kappa shape index (κ1) is 11.5. The van der Waals surface area contributed by atoms with Gasteiger partial charge in [-0.3, -0.25) is 0 Å². The predicted molar refractivity (Wildman–Crippen MR) is 56.3 cm³/mol. The van der Waals surface area contributed by atoms with E-state index in [1.807, 2.05) is 0 Å². The third-order valence-corrected chi connectivity index (χ3v) is 2.28. The molecule has 0 heterocycles. The number of hydrogen-bond acceptors (Lipinski definition) is 0. The van der Waals surface area contributed by atoms with Gasteiger partial charge in [0, 0.05) is 12.3 Å². The molecule has 0 spiro atoms. The van der Waals surface area contributed by atoms with E-state index in [0.717, 1.165) is 6.07 Å². The van der Waals surface area contributed by atoms with E-state index in [9.17, 15) is 8.78 Å². The van der Waals surface area contributed by atoms with Crippen LogP contribution in [0.4, 0.5) is 8.78 Å². The van der Waals surface area contributed by atoms with Crippen molar-refractivity contribution in [3.8, 4) is 11.8 Å². The molecule has 4 heteroatoms. The normalized spacial score (nSPS) is 9.43. The Morgan fingerprint density at radius 3 is 2.71 bits per heavy atom. The Hall–Kier alpha value is -0.590. The third-order valence-electron chi connectivity index (χ3n) is 1.48. The summed E-state index contributed by atoms with van der Waals surface area (Å²) in [5.41, 5.74) is -0.218. The molecule has 0 aliphatic heterocycles. The minimum atomic E-state index is -0.674. The zero-order valence-corrected chi connectivity index (χ0v) is 9.42. The van der Waals surface area contributed by atoms with Crippen LogP contribution in [0, 0.1) is 23.5 Å². The Morgan fingerprint density at radius 2 is 2.07 bits per heavy atom. The summed E-state index contributed by atoms with van der Waals surface area (Å²) >= 11 is 8.33. The quantitative estimate of drug-likeness (QED) is 0.418. The summed E-state index contributed by atoms with van der Waals surface area (Å²) in [5, 5.41) is 0. The molecule has 0 amide bonds. The molecule has 0 fully saturated rings. The van der Waals surface area contributed by atoms with Crippen LogP contribution in [-0.2, 0) is 0 Å². The zero-order valence-electron chi connectivity index (χ0n) is 7.08. The SMILES string of the molecule is Fc1ccc(Br)c(F)c1C#CCCCl. The summed E-state index contributed by atoms with van der Waals surface area (Å²) in [6, 6.07) is 2.47. The molecule has 0 unspecified atom stereocenters.